The van der Waals surface area contributed by atoms with Crippen molar-refractivity contribution in [3.05, 3.63) is 29.8 Å². The lowest BCUT2D eigenvalue weighted by atomic mass is 9.77. The molecular weight excluding hydrogens is 274 g/mol. The first-order chi connectivity index (χ1) is 9.67. The number of carbonyl (C=O) groups excluding carboxylic acids is 1. The number of rotatable bonds is 7. The first-order valence-electron chi connectivity index (χ1n) is 7.17. The van der Waals surface area contributed by atoms with Crippen LogP contribution < -0.4 is 5.32 Å². The largest absolute Gasteiger partial charge is 0.378 e. The molecule has 0 spiro atoms. The molecule has 0 saturated heterocycles. The summed E-state index contributed by atoms with van der Waals surface area (Å²) >= 11 is 5.70. The fourth-order valence-corrected chi connectivity index (χ4v) is 2.73. The van der Waals surface area contributed by atoms with Crippen LogP contribution in [0.5, 0.6) is 0 Å². The van der Waals surface area contributed by atoms with Gasteiger partial charge in [0, 0.05) is 18.7 Å². The smallest absolute Gasteiger partial charge is 0.227 e. The number of hydrogen-bond acceptors (Lipinski definition) is 2. The van der Waals surface area contributed by atoms with Crippen molar-refractivity contribution >= 4 is 23.2 Å². The minimum absolute atomic E-state index is 0.0287. The zero-order valence-corrected chi connectivity index (χ0v) is 12.7. The van der Waals surface area contributed by atoms with Crippen molar-refractivity contribution in [3.8, 4) is 0 Å². The van der Waals surface area contributed by atoms with Gasteiger partial charge in [-0.2, -0.15) is 0 Å². The number of halogens is 1. The summed E-state index contributed by atoms with van der Waals surface area (Å²) in [5.41, 5.74) is 1.83. The van der Waals surface area contributed by atoms with E-state index in [1.54, 1.807) is 7.11 Å². The number of anilines is 1. The molecule has 20 heavy (non-hydrogen) atoms. The summed E-state index contributed by atoms with van der Waals surface area (Å²) in [4.78, 5) is 12.1. The van der Waals surface area contributed by atoms with Gasteiger partial charge in [0.25, 0.3) is 0 Å². The molecule has 1 saturated carbocycles. The zero-order valence-electron chi connectivity index (χ0n) is 12.0. The number of benzene rings is 1. The summed E-state index contributed by atoms with van der Waals surface area (Å²) in [6, 6.07) is 7.96. The Morgan fingerprint density at radius 2 is 2.25 bits per heavy atom. The highest BCUT2D eigenvalue weighted by molar-refractivity contribution is 6.17. The fraction of sp³-hybridized carbons (Fsp3) is 0.562. The van der Waals surface area contributed by atoms with Crippen molar-refractivity contribution in [2.24, 2.45) is 0 Å². The molecule has 0 radical (unpaired) electrons. The molecule has 0 aliphatic heterocycles. The Morgan fingerprint density at radius 3 is 2.85 bits per heavy atom. The van der Waals surface area contributed by atoms with E-state index in [2.05, 4.69) is 11.4 Å². The molecular formula is C16H22ClNO2. The Labute approximate surface area is 125 Å². The summed E-state index contributed by atoms with van der Waals surface area (Å²) in [5, 5.41) is 2.97. The van der Waals surface area contributed by atoms with Gasteiger partial charge < -0.3 is 10.1 Å². The molecule has 1 aromatic carbocycles. The molecule has 2 rings (SSSR count). The lowest BCUT2D eigenvalue weighted by Crippen LogP contribution is -2.42. The Morgan fingerprint density at radius 1 is 1.45 bits per heavy atom. The number of methoxy groups -OCH3 is 1. The Kier molecular flexibility index (Phi) is 5.44. The molecule has 0 unspecified atom stereocenters. The predicted octanol–water partition coefficient (Wildman–Crippen LogP) is 3.76. The normalized spacial score (nSPS) is 16.5. The SMILES string of the molecule is COC1(CC(=O)Nc2cccc(CCCCl)c2)CCC1. The quantitative estimate of drug-likeness (QED) is 0.778. The van der Waals surface area contributed by atoms with Gasteiger partial charge in [-0.1, -0.05) is 12.1 Å². The topological polar surface area (TPSA) is 38.3 Å². The van der Waals surface area contributed by atoms with Crippen molar-refractivity contribution in [2.75, 3.05) is 18.3 Å². The maximum atomic E-state index is 12.1. The van der Waals surface area contributed by atoms with Gasteiger partial charge in [-0.25, -0.2) is 0 Å². The van der Waals surface area contributed by atoms with Crippen molar-refractivity contribution in [3.63, 3.8) is 0 Å². The number of ether oxygens (including phenoxy) is 1. The maximum Gasteiger partial charge on any atom is 0.227 e. The average Bonchev–Trinajstić information content (AvgIpc) is 2.41. The minimum Gasteiger partial charge on any atom is -0.378 e. The van der Waals surface area contributed by atoms with Crippen LogP contribution in [0.25, 0.3) is 0 Å². The van der Waals surface area contributed by atoms with Crippen molar-refractivity contribution < 1.29 is 9.53 Å². The minimum atomic E-state index is -0.222. The van der Waals surface area contributed by atoms with E-state index >= 15 is 0 Å². The standard InChI is InChI=1S/C16H22ClNO2/c1-20-16(8-4-9-16)12-15(19)18-14-7-2-5-13(11-14)6-3-10-17/h2,5,7,11H,3-4,6,8-10,12H2,1H3,(H,18,19). The third-order valence-electron chi connectivity index (χ3n) is 3.99. The van der Waals surface area contributed by atoms with Crippen LogP contribution in [0.15, 0.2) is 24.3 Å². The van der Waals surface area contributed by atoms with E-state index in [0.717, 1.165) is 37.8 Å². The molecule has 110 valence electrons. The molecule has 1 amide bonds. The number of carbonyl (C=O) groups is 1. The highest BCUT2D eigenvalue weighted by Gasteiger charge is 2.38. The van der Waals surface area contributed by atoms with Gasteiger partial charge in [0.15, 0.2) is 0 Å². The third-order valence-corrected chi connectivity index (χ3v) is 4.26. The summed E-state index contributed by atoms with van der Waals surface area (Å²) < 4.78 is 5.48. The zero-order chi connectivity index (χ0) is 14.4. The van der Waals surface area contributed by atoms with Gasteiger partial charge in [0.05, 0.1) is 12.0 Å². The average molecular weight is 296 g/mol. The molecule has 0 atom stereocenters. The molecule has 1 fully saturated rings. The molecule has 0 aromatic heterocycles. The van der Waals surface area contributed by atoms with E-state index in [1.807, 2.05) is 18.2 Å². The molecule has 4 heteroatoms. The number of alkyl halides is 1. The van der Waals surface area contributed by atoms with Gasteiger partial charge in [-0.05, 0) is 49.8 Å². The fourth-order valence-electron chi connectivity index (χ4n) is 2.60. The molecule has 1 N–H and O–H groups in total. The third kappa shape index (κ3) is 3.97. The van der Waals surface area contributed by atoms with Crippen LogP contribution in [0.3, 0.4) is 0 Å². The van der Waals surface area contributed by atoms with Crippen LogP contribution in [-0.4, -0.2) is 24.5 Å². The van der Waals surface area contributed by atoms with Crippen LogP contribution in [-0.2, 0) is 16.0 Å². The second-order valence-corrected chi connectivity index (χ2v) is 5.84. The highest BCUT2D eigenvalue weighted by atomic mass is 35.5. The molecule has 1 aliphatic rings. The summed E-state index contributed by atoms with van der Waals surface area (Å²) in [5.74, 6) is 0.688. The molecule has 1 aliphatic carbocycles. The van der Waals surface area contributed by atoms with E-state index < -0.39 is 0 Å². The van der Waals surface area contributed by atoms with Gasteiger partial charge >= 0.3 is 0 Å². The van der Waals surface area contributed by atoms with Gasteiger partial charge in [-0.3, -0.25) is 4.79 Å². The van der Waals surface area contributed by atoms with E-state index in [0.29, 0.717) is 12.3 Å². The van der Waals surface area contributed by atoms with Crippen LogP contribution in [0.2, 0.25) is 0 Å². The summed E-state index contributed by atoms with van der Waals surface area (Å²) in [7, 11) is 1.69. The van der Waals surface area contributed by atoms with Gasteiger partial charge in [0.1, 0.15) is 0 Å². The second-order valence-electron chi connectivity index (χ2n) is 5.46. The van der Waals surface area contributed by atoms with Crippen LogP contribution in [0, 0.1) is 0 Å². The molecule has 0 heterocycles. The molecule has 0 bridgehead atoms. The lowest BCUT2D eigenvalue weighted by Gasteiger charge is -2.39. The van der Waals surface area contributed by atoms with Crippen molar-refractivity contribution in [1.82, 2.24) is 0 Å². The monoisotopic (exact) mass is 295 g/mol. The van der Waals surface area contributed by atoms with Crippen LogP contribution in [0.4, 0.5) is 5.69 Å². The first kappa shape index (κ1) is 15.3. The maximum absolute atomic E-state index is 12.1. The Bertz CT molecular complexity index is 452. The number of nitrogens with one attached hydrogen (secondary N) is 1. The predicted molar refractivity (Wildman–Crippen MR) is 82.3 cm³/mol. The van der Waals surface area contributed by atoms with Crippen molar-refractivity contribution in [2.45, 2.75) is 44.1 Å². The van der Waals surface area contributed by atoms with Gasteiger partial charge in [-0.15, -0.1) is 11.6 Å². The van der Waals surface area contributed by atoms with Crippen molar-refractivity contribution in [1.29, 1.82) is 0 Å². The van der Waals surface area contributed by atoms with Crippen LogP contribution in [0.1, 0.15) is 37.7 Å². The van der Waals surface area contributed by atoms with E-state index in [-0.39, 0.29) is 11.5 Å². The summed E-state index contributed by atoms with van der Waals surface area (Å²) in [6.45, 7) is 0. The first-order valence-corrected chi connectivity index (χ1v) is 7.71. The summed E-state index contributed by atoms with van der Waals surface area (Å²) in [6.07, 6.45) is 5.44. The highest BCUT2D eigenvalue weighted by Crippen LogP contribution is 2.38. The number of hydrogen-bond donors (Lipinski definition) is 1. The second kappa shape index (κ2) is 7.09. The Hall–Kier alpha value is -1.06. The van der Waals surface area contributed by atoms with E-state index in [9.17, 15) is 4.79 Å². The van der Waals surface area contributed by atoms with E-state index in [1.165, 1.54) is 5.56 Å². The molecule has 3 nitrogen and oxygen atoms in total. The van der Waals surface area contributed by atoms with Crippen LogP contribution >= 0.6 is 11.6 Å². The Balaban J connectivity index is 1.90. The number of amides is 1. The lowest BCUT2D eigenvalue weighted by molar-refractivity contribution is -0.129. The van der Waals surface area contributed by atoms with Gasteiger partial charge in [0.2, 0.25) is 5.91 Å². The van der Waals surface area contributed by atoms with E-state index in [4.69, 9.17) is 16.3 Å². The number of aryl methyl sites for hydroxylation is 1. The molecule has 1 aromatic rings.